The van der Waals surface area contributed by atoms with Gasteiger partial charge in [0.25, 0.3) is 0 Å². The lowest BCUT2D eigenvalue weighted by Gasteiger charge is -2.35. The van der Waals surface area contributed by atoms with Crippen LogP contribution in [0.15, 0.2) is 103 Å². The molecule has 74 heavy (non-hydrogen) atoms. The Balaban J connectivity index is 1.40. The summed E-state index contributed by atoms with van der Waals surface area (Å²) in [5, 5.41) is 6.17. The molecule has 0 spiro atoms. The highest BCUT2D eigenvalue weighted by Gasteiger charge is 2.37. The second-order valence-electron chi connectivity index (χ2n) is 18.8. The van der Waals surface area contributed by atoms with Gasteiger partial charge in [-0.3, -0.25) is 24.0 Å². The number of halogens is 4. The summed E-state index contributed by atoms with van der Waals surface area (Å²) in [6.07, 6.45) is -3.51. The standard InChI is InChI=1S/C54H64ClF3N8O8/c1-34-29-60-49(67)27-42(25-37-14-19-41(55)20-15-37)64(6)53(71)45(33-72-8)61-51(69)35(2)66(50(68)26-40(52(70)63(34)5)24-36-12-10-9-11-13-36)31-39-18-23-44(74-54(56,57)58)28-47(39)73-43-21-16-38(17-22-43)46-30-59-48(65(46)7)32-62(3)4/h9-23,28,30,34-35,40,42,45H,24-27,29,31-33H2,1-8H3,(H,60,67)(H,61,69)/t34-,35-,40+,42-,45-/m0/s1. The fourth-order valence-electron chi connectivity index (χ4n) is 8.65. The molecule has 1 saturated heterocycles. The van der Waals surface area contributed by atoms with Gasteiger partial charge in [-0.15, -0.1) is 13.2 Å². The average Bonchev–Trinajstić information content (AvgIpc) is 3.72. The minimum Gasteiger partial charge on any atom is -0.457 e. The zero-order chi connectivity index (χ0) is 53.9. The lowest BCUT2D eigenvalue weighted by molar-refractivity contribution is -0.274. The van der Waals surface area contributed by atoms with Gasteiger partial charge in [-0.2, -0.15) is 0 Å². The van der Waals surface area contributed by atoms with Gasteiger partial charge in [0.15, 0.2) is 0 Å². The summed E-state index contributed by atoms with van der Waals surface area (Å²) in [6, 6.07) is 22.3. The van der Waals surface area contributed by atoms with Crippen molar-refractivity contribution >= 4 is 41.1 Å². The maximum absolute atomic E-state index is 15.1. The Bertz CT molecular complexity index is 2720. The van der Waals surface area contributed by atoms with Gasteiger partial charge < -0.3 is 49.0 Å². The molecule has 2 heterocycles. The van der Waals surface area contributed by atoms with Crippen molar-refractivity contribution in [3.63, 3.8) is 0 Å². The number of nitrogens with zero attached hydrogens (tertiary/aromatic N) is 6. The maximum atomic E-state index is 15.1. The molecule has 6 rings (SSSR count). The molecule has 0 bridgehead atoms. The Morgan fingerprint density at radius 1 is 0.811 bits per heavy atom. The number of ether oxygens (including phenoxy) is 3. The molecule has 0 saturated carbocycles. The number of aromatic nitrogens is 2. The summed E-state index contributed by atoms with van der Waals surface area (Å²) in [5.74, 6) is -3.48. The first kappa shape index (κ1) is 56.3. The van der Waals surface area contributed by atoms with Crippen molar-refractivity contribution in [3.8, 4) is 28.5 Å². The number of carbonyl (C=O) groups excluding carboxylic acids is 5. The van der Waals surface area contributed by atoms with Gasteiger partial charge in [0.05, 0.1) is 37.5 Å². The van der Waals surface area contributed by atoms with Crippen molar-refractivity contribution in [2.75, 3.05) is 48.5 Å². The Hall–Kier alpha value is -6.96. The lowest BCUT2D eigenvalue weighted by atomic mass is 9.93. The van der Waals surface area contributed by atoms with Crippen LogP contribution in [-0.4, -0.2) is 138 Å². The molecule has 16 nitrogen and oxygen atoms in total. The van der Waals surface area contributed by atoms with Crippen molar-refractivity contribution in [2.24, 2.45) is 13.0 Å². The lowest BCUT2D eigenvalue weighted by Crippen LogP contribution is -2.57. The number of alkyl halides is 3. The Kier molecular flexibility index (Phi) is 19.3. The maximum Gasteiger partial charge on any atom is 0.573 e. The summed E-state index contributed by atoms with van der Waals surface area (Å²) in [7, 11) is 10.2. The first-order valence-corrected chi connectivity index (χ1v) is 24.5. The van der Waals surface area contributed by atoms with E-state index >= 15 is 4.79 Å². The number of rotatable bonds is 14. The first-order chi connectivity index (χ1) is 35.1. The van der Waals surface area contributed by atoms with Gasteiger partial charge in [0.1, 0.15) is 35.2 Å². The smallest absolute Gasteiger partial charge is 0.457 e. The number of likely N-dealkylation sites (N-methyl/N-ethyl adjacent to an activating group) is 2. The van der Waals surface area contributed by atoms with E-state index in [2.05, 4.69) is 20.4 Å². The number of nitrogens with one attached hydrogen (secondary N) is 2. The molecule has 1 aromatic heterocycles. The van der Waals surface area contributed by atoms with Crippen LogP contribution in [-0.2, 0) is 61.7 Å². The van der Waals surface area contributed by atoms with E-state index in [0.717, 1.165) is 40.3 Å². The molecule has 2 N–H and O–H groups in total. The van der Waals surface area contributed by atoms with Crippen LogP contribution in [0.2, 0.25) is 5.02 Å². The van der Waals surface area contributed by atoms with Crippen LogP contribution >= 0.6 is 11.6 Å². The third kappa shape index (κ3) is 15.3. The van der Waals surface area contributed by atoms with Crippen LogP contribution in [0.4, 0.5) is 13.2 Å². The summed E-state index contributed by atoms with van der Waals surface area (Å²) >= 11 is 6.17. The highest BCUT2D eigenvalue weighted by atomic mass is 35.5. The van der Waals surface area contributed by atoms with E-state index in [1.165, 1.54) is 41.8 Å². The second kappa shape index (κ2) is 25.3. The molecule has 5 amide bonds. The van der Waals surface area contributed by atoms with Crippen molar-refractivity contribution in [2.45, 2.75) is 83.1 Å². The minimum absolute atomic E-state index is 0.0461. The van der Waals surface area contributed by atoms with Crippen LogP contribution in [0.3, 0.4) is 0 Å². The summed E-state index contributed by atoms with van der Waals surface area (Å²) in [5.41, 5.74) is 3.32. The summed E-state index contributed by atoms with van der Waals surface area (Å²) < 4.78 is 59.1. The van der Waals surface area contributed by atoms with E-state index in [-0.39, 0.29) is 55.4 Å². The van der Waals surface area contributed by atoms with Gasteiger partial charge in [-0.05, 0) is 100 Å². The van der Waals surface area contributed by atoms with Crippen LogP contribution in [0, 0.1) is 5.92 Å². The van der Waals surface area contributed by atoms with Crippen LogP contribution in [0.5, 0.6) is 17.2 Å². The van der Waals surface area contributed by atoms with Crippen LogP contribution < -0.4 is 20.1 Å². The molecule has 20 heteroatoms. The highest BCUT2D eigenvalue weighted by molar-refractivity contribution is 6.30. The summed E-state index contributed by atoms with van der Waals surface area (Å²) in [4.78, 5) is 83.0. The molecule has 0 aliphatic carbocycles. The normalized spacial score (nSPS) is 20.0. The molecular formula is C54H64ClF3N8O8. The van der Waals surface area contributed by atoms with Crippen molar-refractivity contribution in [1.82, 2.24) is 39.8 Å². The van der Waals surface area contributed by atoms with Gasteiger partial charge in [-0.25, -0.2) is 4.98 Å². The molecular weight excluding hydrogens is 981 g/mol. The van der Waals surface area contributed by atoms with E-state index < -0.39 is 78.8 Å². The van der Waals surface area contributed by atoms with E-state index in [4.69, 9.17) is 21.1 Å². The number of amides is 5. The number of carbonyl (C=O) groups is 5. The quantitative estimate of drug-likeness (QED) is 0.118. The Morgan fingerprint density at radius 3 is 2.12 bits per heavy atom. The van der Waals surface area contributed by atoms with Crippen LogP contribution in [0.1, 0.15) is 49.2 Å². The van der Waals surface area contributed by atoms with Gasteiger partial charge in [0, 0.05) is 81.9 Å². The van der Waals surface area contributed by atoms with Crippen molar-refractivity contribution < 1.29 is 51.4 Å². The molecule has 5 aromatic rings. The fourth-order valence-corrected chi connectivity index (χ4v) is 8.78. The van der Waals surface area contributed by atoms with Gasteiger partial charge in [0.2, 0.25) is 29.5 Å². The number of imidazole rings is 1. The zero-order valence-electron chi connectivity index (χ0n) is 42.8. The molecule has 1 aliphatic heterocycles. The molecule has 0 radical (unpaired) electrons. The average molecular weight is 1050 g/mol. The Morgan fingerprint density at radius 2 is 1.47 bits per heavy atom. The number of hydrogen-bond donors (Lipinski definition) is 2. The molecule has 0 unspecified atom stereocenters. The van der Waals surface area contributed by atoms with E-state index in [1.807, 2.05) is 48.8 Å². The predicted molar refractivity (Wildman–Crippen MR) is 273 cm³/mol. The predicted octanol–water partition coefficient (Wildman–Crippen LogP) is 7.03. The first-order valence-electron chi connectivity index (χ1n) is 24.1. The monoisotopic (exact) mass is 1040 g/mol. The molecule has 1 aliphatic rings. The third-order valence-electron chi connectivity index (χ3n) is 13.0. The van der Waals surface area contributed by atoms with Crippen LogP contribution in [0.25, 0.3) is 11.3 Å². The van der Waals surface area contributed by atoms with Crippen molar-refractivity contribution in [1.29, 1.82) is 0 Å². The second-order valence-corrected chi connectivity index (χ2v) is 19.3. The number of methoxy groups -OCH3 is 1. The summed E-state index contributed by atoms with van der Waals surface area (Å²) in [6.45, 7) is 3.16. The molecule has 396 valence electrons. The third-order valence-corrected chi connectivity index (χ3v) is 13.3. The van der Waals surface area contributed by atoms with E-state index in [9.17, 15) is 32.3 Å². The van der Waals surface area contributed by atoms with E-state index in [0.29, 0.717) is 11.6 Å². The number of hydrogen-bond acceptors (Lipinski definition) is 10. The van der Waals surface area contributed by atoms with Crippen molar-refractivity contribution in [3.05, 3.63) is 131 Å². The minimum atomic E-state index is -5.06. The van der Waals surface area contributed by atoms with Gasteiger partial charge in [-0.1, -0.05) is 54.1 Å². The zero-order valence-corrected chi connectivity index (χ0v) is 43.6. The fraction of sp³-hybridized carbons (Fsp3) is 0.407. The largest absolute Gasteiger partial charge is 0.573 e. The number of benzene rings is 4. The van der Waals surface area contributed by atoms with E-state index in [1.54, 1.807) is 80.8 Å². The topological polar surface area (TPSA) is 168 Å². The molecule has 5 atom stereocenters. The molecule has 4 aromatic carbocycles. The SMILES string of the molecule is COC[C@@H]1NC(=O)[C@H](C)N(Cc2ccc(OC(F)(F)F)cc2Oc2ccc(-c3cnc(CN(C)C)n3C)cc2)C(=O)C[C@@H](Cc2ccccc2)C(=O)N(C)[C@@H](C)CNC(=O)C[C@H](Cc2ccc(Cl)cc2)N(C)C1=O. The Labute approximate surface area is 434 Å². The highest BCUT2D eigenvalue weighted by Crippen LogP contribution is 2.35. The van der Waals surface area contributed by atoms with Gasteiger partial charge >= 0.3 is 6.36 Å². The molecule has 1 fully saturated rings.